The number of thioether (sulfide) groups is 1. The molecule has 0 aromatic carbocycles. The third kappa shape index (κ3) is 6.01. The van der Waals surface area contributed by atoms with Crippen molar-refractivity contribution in [2.24, 2.45) is 0 Å². The molecule has 6 atom stereocenters. The molecule has 148 valence electrons. The molecule has 1 heterocycles. The fourth-order valence-electron chi connectivity index (χ4n) is 2.23. The van der Waals surface area contributed by atoms with Gasteiger partial charge in [-0.2, -0.15) is 0 Å². The van der Waals surface area contributed by atoms with E-state index in [1.54, 1.807) is 6.92 Å². The van der Waals surface area contributed by atoms with Crippen LogP contribution in [0.25, 0.3) is 0 Å². The van der Waals surface area contributed by atoms with E-state index < -0.39 is 68.5 Å². The van der Waals surface area contributed by atoms with Gasteiger partial charge in [0, 0.05) is 0 Å². The van der Waals surface area contributed by atoms with Crippen molar-refractivity contribution in [1.82, 2.24) is 0 Å². The number of hydrogen-bond acceptors (Lipinski definition) is 10. The Morgan fingerprint density at radius 3 is 2.36 bits per heavy atom. The standard InChI is InChI=1S/C12H23NO10S2/c1-2-3-6(15)4-8(13(19)25(20,21)22)24-12-11(18)10(17)9(16)7(5-14)23-12/h6-7,9-12,14-18H,2-5H2,1H3,(H,20,21,22)/b13-8-/t6-,7+,9+,10-,11+,12-/m0/s1. The number of hydrogen-bond donors (Lipinski definition) is 6. The Bertz CT molecular complexity index is 566. The maximum absolute atomic E-state index is 11.8. The molecule has 11 nitrogen and oxygen atoms in total. The molecule has 0 spiro atoms. The van der Waals surface area contributed by atoms with Crippen LogP contribution in [0.15, 0.2) is 0 Å². The van der Waals surface area contributed by atoms with Gasteiger partial charge in [-0.05, 0) is 18.2 Å². The maximum atomic E-state index is 11.8. The van der Waals surface area contributed by atoms with Crippen molar-refractivity contribution in [3.05, 3.63) is 5.21 Å². The molecule has 0 aromatic heterocycles. The molecule has 0 aliphatic carbocycles. The lowest BCUT2D eigenvalue weighted by molar-refractivity contribution is -0.290. The molecular weight excluding hydrogens is 382 g/mol. The van der Waals surface area contributed by atoms with Crippen molar-refractivity contribution < 1.29 is 47.4 Å². The summed E-state index contributed by atoms with van der Waals surface area (Å²) in [6.45, 7) is 1.06. The van der Waals surface area contributed by atoms with Crippen LogP contribution in [0.2, 0.25) is 0 Å². The average Bonchev–Trinajstić information content (AvgIpc) is 2.53. The first-order valence-corrected chi connectivity index (χ1v) is 9.76. The summed E-state index contributed by atoms with van der Waals surface area (Å²) in [6, 6.07) is 0. The number of rotatable bonds is 7. The van der Waals surface area contributed by atoms with Gasteiger partial charge in [0.05, 0.1) is 19.1 Å². The minimum absolute atomic E-state index is 0.248. The van der Waals surface area contributed by atoms with Gasteiger partial charge in [0.2, 0.25) is 5.04 Å². The Balaban J connectivity index is 3.08. The van der Waals surface area contributed by atoms with Crippen molar-refractivity contribution in [3.8, 4) is 0 Å². The topological polar surface area (TPSA) is 191 Å². The Morgan fingerprint density at radius 1 is 1.28 bits per heavy atom. The Labute approximate surface area is 149 Å². The van der Waals surface area contributed by atoms with Gasteiger partial charge in [0.1, 0.15) is 29.9 Å². The van der Waals surface area contributed by atoms with Crippen molar-refractivity contribution in [3.63, 3.8) is 0 Å². The molecule has 0 unspecified atom stereocenters. The molecule has 0 bridgehead atoms. The van der Waals surface area contributed by atoms with E-state index in [2.05, 4.69) is 0 Å². The quantitative estimate of drug-likeness (QED) is 0.0671. The number of aliphatic hydroxyl groups is 5. The smallest absolute Gasteiger partial charge is 0.518 e. The molecule has 1 fully saturated rings. The second kappa shape index (κ2) is 9.43. The van der Waals surface area contributed by atoms with Crippen LogP contribution in [-0.4, -0.2) is 90.3 Å². The minimum Gasteiger partial charge on any atom is -0.605 e. The zero-order valence-corrected chi connectivity index (χ0v) is 15.0. The first kappa shape index (κ1) is 22.5. The summed E-state index contributed by atoms with van der Waals surface area (Å²) in [7, 11) is -5.16. The fourth-order valence-corrected chi connectivity index (χ4v) is 4.12. The van der Waals surface area contributed by atoms with E-state index in [-0.39, 0.29) is 6.42 Å². The highest BCUT2D eigenvalue weighted by Crippen LogP contribution is 2.30. The number of ether oxygens (including phenoxy) is 1. The second-order valence-electron chi connectivity index (χ2n) is 5.56. The van der Waals surface area contributed by atoms with E-state index in [0.29, 0.717) is 18.2 Å². The lowest BCUT2D eigenvalue weighted by Gasteiger charge is -2.39. The molecule has 1 rings (SSSR count). The Morgan fingerprint density at radius 2 is 1.88 bits per heavy atom. The third-order valence-corrected chi connectivity index (χ3v) is 5.53. The van der Waals surface area contributed by atoms with E-state index in [1.807, 2.05) is 0 Å². The highest BCUT2D eigenvalue weighted by molar-refractivity contribution is 8.14. The summed E-state index contributed by atoms with van der Waals surface area (Å²) in [4.78, 5) is 0. The second-order valence-corrected chi connectivity index (χ2v) is 7.96. The van der Waals surface area contributed by atoms with Gasteiger partial charge in [-0.15, -0.1) is 8.42 Å². The Kier molecular flexibility index (Phi) is 8.50. The van der Waals surface area contributed by atoms with Crippen molar-refractivity contribution in [1.29, 1.82) is 0 Å². The van der Waals surface area contributed by atoms with Gasteiger partial charge in [-0.1, -0.05) is 17.5 Å². The molecule has 13 heteroatoms. The van der Waals surface area contributed by atoms with Crippen LogP contribution in [0.5, 0.6) is 0 Å². The van der Waals surface area contributed by atoms with Gasteiger partial charge in [0.15, 0.2) is 0 Å². The molecular formula is C12H23NO10S2. The van der Waals surface area contributed by atoms with Crippen molar-refractivity contribution in [2.75, 3.05) is 6.61 Å². The Hall–Kier alpha value is -0.510. The normalized spacial score (nSPS) is 33.0. The molecule has 25 heavy (non-hydrogen) atoms. The molecule has 6 N–H and O–H groups in total. The predicted molar refractivity (Wildman–Crippen MR) is 87.1 cm³/mol. The highest BCUT2D eigenvalue weighted by atomic mass is 32.2. The van der Waals surface area contributed by atoms with E-state index in [4.69, 9.17) is 14.4 Å². The van der Waals surface area contributed by atoms with Gasteiger partial charge in [-0.25, -0.2) is 4.55 Å². The lowest BCUT2D eigenvalue weighted by atomic mass is 10.0. The summed E-state index contributed by atoms with van der Waals surface area (Å²) in [6.07, 6.45) is -7.03. The number of aliphatic hydroxyl groups excluding tert-OH is 5. The van der Waals surface area contributed by atoms with E-state index >= 15 is 0 Å². The van der Waals surface area contributed by atoms with E-state index in [9.17, 15) is 34.1 Å². The van der Waals surface area contributed by atoms with E-state index in [0.717, 1.165) is 0 Å². The monoisotopic (exact) mass is 405 g/mol. The summed E-state index contributed by atoms with van der Waals surface area (Å²) >= 11 is 0.364. The van der Waals surface area contributed by atoms with Crippen LogP contribution in [0, 0.1) is 5.21 Å². The third-order valence-electron chi connectivity index (χ3n) is 3.55. The van der Waals surface area contributed by atoms with Crippen LogP contribution in [0.1, 0.15) is 26.2 Å². The number of nitrogens with zero attached hydrogens (tertiary/aromatic N) is 1. The van der Waals surface area contributed by atoms with Crippen LogP contribution >= 0.6 is 11.8 Å². The fraction of sp³-hybridized carbons (Fsp3) is 0.917. The van der Waals surface area contributed by atoms with Crippen LogP contribution in [-0.2, 0) is 15.0 Å². The highest BCUT2D eigenvalue weighted by Gasteiger charge is 2.45. The SMILES string of the molecule is CCC[C@H](O)C/C(S[C@@H]1O[C@H](CO)[C@@H](O)[C@H](O)[C@H]1O)=[N+](\[O-])S(=O)(=O)O. The molecule has 0 amide bonds. The van der Waals surface area contributed by atoms with Crippen molar-refractivity contribution in [2.45, 2.75) is 62.1 Å². The van der Waals surface area contributed by atoms with Gasteiger partial charge >= 0.3 is 10.3 Å². The lowest BCUT2D eigenvalue weighted by Crippen LogP contribution is -2.57. The largest absolute Gasteiger partial charge is 0.605 e. The first-order valence-electron chi connectivity index (χ1n) is 7.48. The van der Waals surface area contributed by atoms with Gasteiger partial charge in [0.25, 0.3) is 0 Å². The molecule has 1 aliphatic rings. The summed E-state index contributed by atoms with van der Waals surface area (Å²) in [5, 5.41) is 59.5. The van der Waals surface area contributed by atoms with Gasteiger partial charge < -0.3 is 35.5 Å². The predicted octanol–water partition coefficient (Wildman–Crippen LogP) is -2.22. The molecule has 0 radical (unpaired) electrons. The first-order chi connectivity index (χ1) is 11.5. The average molecular weight is 405 g/mol. The van der Waals surface area contributed by atoms with E-state index in [1.165, 1.54) is 0 Å². The molecule has 1 aliphatic heterocycles. The molecule has 0 saturated carbocycles. The molecule has 1 saturated heterocycles. The zero-order valence-electron chi connectivity index (χ0n) is 13.4. The summed E-state index contributed by atoms with van der Waals surface area (Å²) < 4.78 is 35.6. The zero-order chi connectivity index (χ0) is 19.4. The van der Waals surface area contributed by atoms with Crippen LogP contribution in [0.4, 0.5) is 0 Å². The summed E-state index contributed by atoms with van der Waals surface area (Å²) in [5.74, 6) is 0. The maximum Gasteiger partial charge on any atom is 0.518 e. The summed E-state index contributed by atoms with van der Waals surface area (Å²) in [5.41, 5.74) is -1.42. The van der Waals surface area contributed by atoms with Crippen LogP contribution < -0.4 is 0 Å². The van der Waals surface area contributed by atoms with Crippen LogP contribution in [0.3, 0.4) is 0 Å². The molecule has 0 aromatic rings. The van der Waals surface area contributed by atoms with Gasteiger partial charge in [-0.3, -0.25) is 0 Å². The minimum atomic E-state index is -5.16. The van der Waals surface area contributed by atoms with Crippen molar-refractivity contribution >= 4 is 27.1 Å².